The highest BCUT2D eigenvalue weighted by Crippen LogP contribution is 2.33. The number of para-hydroxylation sites is 1. The third-order valence-electron chi connectivity index (χ3n) is 10.0. The van der Waals surface area contributed by atoms with Crippen molar-refractivity contribution in [2.75, 3.05) is 27.4 Å². The molecule has 4 aromatic carbocycles. The fourth-order valence-electron chi connectivity index (χ4n) is 6.58. The van der Waals surface area contributed by atoms with Crippen LogP contribution in [0, 0.1) is 25.6 Å². The zero-order valence-electron chi connectivity index (χ0n) is 35.3. The molecule has 0 saturated heterocycles. The van der Waals surface area contributed by atoms with Crippen LogP contribution in [0.3, 0.4) is 0 Å². The van der Waals surface area contributed by atoms with Gasteiger partial charge in [0.15, 0.2) is 0 Å². The van der Waals surface area contributed by atoms with Crippen molar-refractivity contribution in [2.45, 2.75) is 58.8 Å². The van der Waals surface area contributed by atoms with Gasteiger partial charge in [-0.15, -0.1) is 0 Å². The number of esters is 2. The molecule has 0 aliphatic rings. The van der Waals surface area contributed by atoms with Crippen LogP contribution < -0.4 is 9.47 Å². The fraction of sp³-hybridized carbons (Fsp3) is 0.292. The van der Waals surface area contributed by atoms with Gasteiger partial charge in [0.1, 0.15) is 0 Å². The van der Waals surface area contributed by atoms with Crippen LogP contribution in [0.1, 0.15) is 58.8 Å². The molecule has 2 heterocycles. The summed E-state index contributed by atoms with van der Waals surface area (Å²) in [4.78, 5) is 53.5. The Hall–Kier alpha value is -7.22. The highest BCUT2D eigenvalue weighted by Gasteiger charge is 2.27. The van der Waals surface area contributed by atoms with Gasteiger partial charge < -0.3 is 18.9 Å². The highest BCUT2D eigenvalue weighted by molar-refractivity contribution is 5.95. The maximum Gasteiger partial charge on any atom is 0.311 e. The lowest BCUT2D eigenvalue weighted by Gasteiger charge is -2.21. The maximum absolute atomic E-state index is 11.8. The van der Waals surface area contributed by atoms with E-state index in [1.807, 2.05) is 86.6 Å². The average molecular weight is 843 g/mol. The van der Waals surface area contributed by atoms with Crippen molar-refractivity contribution in [3.05, 3.63) is 142 Å². The second kappa shape index (κ2) is 22.4. The van der Waals surface area contributed by atoms with Gasteiger partial charge in [-0.05, 0) is 98.9 Å². The molecule has 6 rings (SSSR count). The van der Waals surface area contributed by atoms with Crippen LogP contribution in [0.25, 0.3) is 44.4 Å². The van der Waals surface area contributed by atoms with Gasteiger partial charge in [0.25, 0.3) is 11.4 Å². The van der Waals surface area contributed by atoms with Crippen molar-refractivity contribution in [3.63, 3.8) is 0 Å². The average Bonchev–Trinajstić information content (AvgIpc) is 3.29. The molecule has 62 heavy (non-hydrogen) atoms. The quantitative estimate of drug-likeness (QED) is 0.0326. The summed E-state index contributed by atoms with van der Waals surface area (Å²) in [7, 11) is 2.79. The van der Waals surface area contributed by atoms with Crippen molar-refractivity contribution in [1.29, 1.82) is 0 Å². The first-order valence-corrected chi connectivity index (χ1v) is 20.3. The standard InChI is InChI=1S/C24H26N2O5.C24H24N2O5/c1-24(2,23(27)30-3)14-6-7-15-31-22-16-20(19-8-4-5-9-21(19)25-22)17-10-12-18(13-11-17)26(28)29;1-30-24(27)13-6-3-7-14-31-23-17-20(19-11-8-12-21(15-19)26(28)29)16-22(25-23)18-9-4-2-5-10-18/h4-5,8-13,16H,6-7,14-15H2,1-3H3;2,4-5,8-12,15-17H,3,6-7,13-14H2,1H3. The summed E-state index contributed by atoms with van der Waals surface area (Å²) < 4.78 is 21.3. The van der Waals surface area contributed by atoms with Gasteiger partial charge in [-0.2, -0.15) is 0 Å². The van der Waals surface area contributed by atoms with Crippen molar-refractivity contribution < 1.29 is 38.4 Å². The van der Waals surface area contributed by atoms with E-state index in [1.165, 1.54) is 32.4 Å². The number of rotatable bonds is 19. The van der Waals surface area contributed by atoms with Crippen molar-refractivity contribution in [1.82, 2.24) is 9.97 Å². The van der Waals surface area contributed by atoms with Crippen molar-refractivity contribution in [3.8, 4) is 45.3 Å². The molecule has 0 spiro atoms. The number of hydrogen-bond donors (Lipinski definition) is 0. The summed E-state index contributed by atoms with van der Waals surface area (Å²) in [6.45, 7) is 4.69. The van der Waals surface area contributed by atoms with Gasteiger partial charge in [0, 0.05) is 53.8 Å². The minimum Gasteiger partial charge on any atom is -0.478 e. The minimum absolute atomic E-state index is 0.0312. The topological polar surface area (TPSA) is 183 Å². The number of carbonyl (C=O) groups excluding carboxylic acids is 2. The van der Waals surface area contributed by atoms with E-state index in [-0.39, 0.29) is 23.3 Å². The number of methoxy groups -OCH3 is 2. The number of non-ortho nitro benzene ring substituents is 2. The number of nitro benzene ring substituents is 2. The van der Waals surface area contributed by atoms with Gasteiger partial charge in [-0.3, -0.25) is 29.8 Å². The molecular weight excluding hydrogens is 793 g/mol. The molecule has 0 unspecified atom stereocenters. The van der Waals surface area contributed by atoms with E-state index in [9.17, 15) is 29.8 Å². The molecular formula is C48H50N4O10. The molecule has 6 aromatic rings. The summed E-state index contributed by atoms with van der Waals surface area (Å²) in [6, 6.07) is 35.9. The summed E-state index contributed by atoms with van der Waals surface area (Å²) in [5.74, 6) is 0.534. The Morgan fingerprint density at radius 1 is 0.597 bits per heavy atom. The number of hydrogen-bond acceptors (Lipinski definition) is 12. The molecule has 0 amide bonds. The first kappa shape index (κ1) is 45.9. The Morgan fingerprint density at radius 3 is 1.92 bits per heavy atom. The predicted molar refractivity (Wildman–Crippen MR) is 237 cm³/mol. The zero-order valence-corrected chi connectivity index (χ0v) is 35.3. The fourth-order valence-corrected chi connectivity index (χ4v) is 6.58. The van der Waals surface area contributed by atoms with E-state index in [4.69, 9.17) is 14.2 Å². The third-order valence-corrected chi connectivity index (χ3v) is 10.0. The lowest BCUT2D eigenvalue weighted by molar-refractivity contribution is -0.385. The van der Waals surface area contributed by atoms with Crippen LogP contribution >= 0.6 is 0 Å². The predicted octanol–water partition coefficient (Wildman–Crippen LogP) is 11.0. The summed E-state index contributed by atoms with van der Waals surface area (Å²) >= 11 is 0. The summed E-state index contributed by atoms with van der Waals surface area (Å²) in [5, 5.41) is 23.1. The molecule has 0 aliphatic carbocycles. The molecule has 0 atom stereocenters. The number of benzene rings is 4. The van der Waals surface area contributed by atoms with Crippen LogP contribution in [0.5, 0.6) is 11.8 Å². The van der Waals surface area contributed by atoms with E-state index >= 15 is 0 Å². The molecule has 322 valence electrons. The number of nitro groups is 2. The molecule has 0 aliphatic heterocycles. The second-order valence-electron chi connectivity index (χ2n) is 15.0. The van der Waals surface area contributed by atoms with Gasteiger partial charge in [0.05, 0.1) is 53.9 Å². The molecule has 0 N–H and O–H groups in total. The normalized spacial score (nSPS) is 10.9. The first-order chi connectivity index (χ1) is 29.9. The van der Waals surface area contributed by atoms with Crippen LogP contribution in [-0.4, -0.2) is 59.2 Å². The summed E-state index contributed by atoms with van der Waals surface area (Å²) in [6.07, 6.45) is 5.07. The van der Waals surface area contributed by atoms with Crippen molar-refractivity contribution >= 4 is 34.2 Å². The molecule has 2 aromatic heterocycles. The number of carbonyl (C=O) groups is 2. The molecule has 14 heteroatoms. The Morgan fingerprint density at radius 2 is 1.24 bits per heavy atom. The largest absolute Gasteiger partial charge is 0.478 e. The van der Waals surface area contributed by atoms with Crippen LogP contribution in [0.4, 0.5) is 11.4 Å². The van der Waals surface area contributed by atoms with Crippen molar-refractivity contribution in [2.24, 2.45) is 5.41 Å². The number of nitrogens with zero attached hydrogens (tertiary/aromatic N) is 4. The number of unbranched alkanes of at least 4 members (excludes halogenated alkanes) is 3. The lowest BCUT2D eigenvalue weighted by atomic mass is 9.87. The Kier molecular flexibility index (Phi) is 16.6. The molecule has 0 radical (unpaired) electrons. The number of aromatic nitrogens is 2. The first-order valence-electron chi connectivity index (χ1n) is 20.3. The van der Waals surface area contributed by atoms with Crippen LogP contribution in [0.15, 0.2) is 121 Å². The number of ether oxygens (including phenoxy) is 4. The minimum atomic E-state index is -0.515. The molecule has 0 saturated carbocycles. The van der Waals surface area contributed by atoms with E-state index in [1.54, 1.807) is 30.3 Å². The van der Waals surface area contributed by atoms with Gasteiger partial charge in [-0.25, -0.2) is 9.97 Å². The smallest absolute Gasteiger partial charge is 0.311 e. The van der Waals surface area contributed by atoms with Crippen LogP contribution in [0.2, 0.25) is 0 Å². The maximum atomic E-state index is 11.8. The van der Waals surface area contributed by atoms with Crippen LogP contribution in [-0.2, 0) is 19.1 Å². The molecule has 0 fully saturated rings. The third kappa shape index (κ3) is 13.1. The lowest BCUT2D eigenvalue weighted by Crippen LogP contribution is -2.25. The number of fused-ring (bicyclic) bond motifs is 1. The van der Waals surface area contributed by atoms with E-state index in [0.717, 1.165) is 76.5 Å². The van der Waals surface area contributed by atoms with E-state index in [0.29, 0.717) is 37.8 Å². The molecule has 14 nitrogen and oxygen atoms in total. The highest BCUT2D eigenvalue weighted by atomic mass is 16.6. The van der Waals surface area contributed by atoms with E-state index < -0.39 is 15.3 Å². The SMILES string of the molecule is COC(=O)C(C)(C)CCCCOc1cc(-c2ccc([N+](=O)[O-])cc2)c2ccccc2n1.COC(=O)CCCCCOc1cc(-c2cccc([N+](=O)[O-])c2)cc(-c2ccccc2)n1. The summed E-state index contributed by atoms with van der Waals surface area (Å²) in [5.41, 5.74) is 5.28. The Bertz CT molecular complexity index is 2460. The van der Waals surface area contributed by atoms with E-state index in [2.05, 4.69) is 14.7 Å². The zero-order chi connectivity index (χ0) is 44.5. The van der Waals surface area contributed by atoms with Gasteiger partial charge in [-0.1, -0.05) is 60.7 Å². The Balaban J connectivity index is 0.000000234. The second-order valence-corrected chi connectivity index (χ2v) is 15.0. The number of pyridine rings is 2. The molecule has 0 bridgehead atoms. The van der Waals surface area contributed by atoms with Gasteiger partial charge >= 0.3 is 11.9 Å². The monoisotopic (exact) mass is 842 g/mol. The van der Waals surface area contributed by atoms with Gasteiger partial charge in [0.2, 0.25) is 11.8 Å². The Labute approximate surface area is 360 Å².